The van der Waals surface area contributed by atoms with Gasteiger partial charge in [-0.2, -0.15) is 31.0 Å². The molecule has 0 radical (unpaired) electrons. The molecule has 10 heteroatoms. The normalized spacial score (nSPS) is 24.8. The van der Waals surface area contributed by atoms with E-state index in [1.54, 1.807) is 0 Å². The summed E-state index contributed by atoms with van der Waals surface area (Å²) >= 11 is 0. The molecule has 0 aromatic rings. The lowest BCUT2D eigenvalue weighted by Gasteiger charge is -2.31. The summed E-state index contributed by atoms with van der Waals surface area (Å²) in [5, 5.41) is 0. The van der Waals surface area contributed by atoms with Gasteiger partial charge in [-0.3, -0.25) is 0 Å². The van der Waals surface area contributed by atoms with E-state index in [0.29, 0.717) is 13.0 Å². The van der Waals surface area contributed by atoms with Crippen molar-refractivity contribution in [1.29, 1.82) is 0 Å². The molecule has 2 unspecified atom stereocenters. The monoisotopic (exact) mass is 325 g/mol. The van der Waals surface area contributed by atoms with Crippen LogP contribution in [0.1, 0.15) is 25.7 Å². The predicted molar refractivity (Wildman–Crippen MR) is 68.2 cm³/mol. The van der Waals surface area contributed by atoms with Crippen molar-refractivity contribution in [2.75, 3.05) is 13.1 Å². The molecular weight excluding hydrogens is 307 g/mol. The van der Waals surface area contributed by atoms with E-state index in [-0.39, 0.29) is 24.4 Å². The number of alkyl halides is 3. The molecule has 1 fully saturated rings. The summed E-state index contributed by atoms with van der Waals surface area (Å²) in [6, 6.07) is -0.380. The Morgan fingerprint density at radius 2 is 1.79 bits per heavy atom. The first-order valence-electron chi connectivity index (χ1n) is 5.77. The largest absolute Gasteiger partial charge is 0.402 e. The van der Waals surface area contributed by atoms with Crippen LogP contribution in [0.2, 0.25) is 0 Å². The van der Waals surface area contributed by atoms with Gasteiger partial charge in [0, 0.05) is 6.04 Å². The Kier molecular flexibility index (Phi) is 7.59. The summed E-state index contributed by atoms with van der Waals surface area (Å²) in [4.78, 5) is 0. The highest BCUT2D eigenvalue weighted by molar-refractivity contribution is 7.87. The maximum Gasteiger partial charge on any atom is 0.402 e. The minimum absolute atomic E-state index is 0. The van der Waals surface area contributed by atoms with Gasteiger partial charge in [0.2, 0.25) is 0 Å². The predicted octanol–water partition coefficient (Wildman–Crippen LogP) is 0.912. The van der Waals surface area contributed by atoms with Gasteiger partial charge < -0.3 is 5.73 Å². The van der Waals surface area contributed by atoms with Gasteiger partial charge in [0.1, 0.15) is 6.54 Å². The molecule has 0 heterocycles. The van der Waals surface area contributed by atoms with Gasteiger partial charge in [-0.1, -0.05) is 12.8 Å². The van der Waals surface area contributed by atoms with Crippen molar-refractivity contribution >= 4 is 22.6 Å². The molecule has 0 saturated heterocycles. The second-order valence-corrected chi connectivity index (χ2v) is 5.98. The third-order valence-electron chi connectivity index (χ3n) is 2.98. The highest BCUT2D eigenvalue weighted by atomic mass is 35.5. The van der Waals surface area contributed by atoms with E-state index in [2.05, 4.69) is 4.72 Å². The van der Waals surface area contributed by atoms with Crippen molar-refractivity contribution in [3.63, 3.8) is 0 Å². The first kappa shape index (κ1) is 18.9. The van der Waals surface area contributed by atoms with Crippen LogP contribution in [0.25, 0.3) is 0 Å². The topological polar surface area (TPSA) is 84.2 Å². The van der Waals surface area contributed by atoms with Crippen LogP contribution in [0.4, 0.5) is 13.2 Å². The van der Waals surface area contributed by atoms with E-state index < -0.39 is 22.9 Å². The van der Waals surface area contributed by atoms with Crippen LogP contribution in [0.5, 0.6) is 0 Å². The van der Waals surface area contributed by atoms with Crippen LogP contribution < -0.4 is 15.2 Å². The maximum absolute atomic E-state index is 11.9. The number of hydrogen-bond acceptors (Lipinski definition) is 3. The zero-order valence-electron chi connectivity index (χ0n) is 10.2. The SMILES string of the molecule is Cl.NCC1CCCCC1NS(=O)(=O)NCC(F)(F)F. The van der Waals surface area contributed by atoms with E-state index in [0.717, 1.165) is 19.3 Å². The number of nitrogens with one attached hydrogen (secondary N) is 2. The molecule has 2 atom stereocenters. The Hall–Kier alpha value is -0.0900. The molecule has 116 valence electrons. The van der Waals surface area contributed by atoms with Gasteiger partial charge in [0.15, 0.2) is 0 Å². The second-order valence-electron chi connectivity index (χ2n) is 4.44. The van der Waals surface area contributed by atoms with Gasteiger partial charge in [-0.15, -0.1) is 12.4 Å². The number of hydrogen-bond donors (Lipinski definition) is 3. The van der Waals surface area contributed by atoms with Crippen molar-refractivity contribution in [1.82, 2.24) is 9.44 Å². The molecule has 19 heavy (non-hydrogen) atoms. The van der Waals surface area contributed by atoms with Gasteiger partial charge >= 0.3 is 6.18 Å². The summed E-state index contributed by atoms with van der Waals surface area (Å²) in [5.41, 5.74) is 5.52. The zero-order chi connectivity index (χ0) is 13.8. The molecule has 0 aromatic heterocycles. The highest BCUT2D eigenvalue weighted by Gasteiger charge is 2.32. The molecule has 4 N–H and O–H groups in total. The first-order chi connectivity index (χ1) is 8.23. The molecule has 1 aliphatic rings. The Labute approximate surface area is 117 Å². The summed E-state index contributed by atoms with van der Waals surface area (Å²) in [5.74, 6) is -0.0128. The molecule has 5 nitrogen and oxygen atoms in total. The standard InChI is InChI=1S/C9H18F3N3O2S.ClH/c10-9(11,12)6-14-18(16,17)15-8-4-2-1-3-7(8)5-13;/h7-8,14-15H,1-6,13H2;1H. The average Bonchev–Trinajstić information content (AvgIpc) is 2.26. The van der Waals surface area contributed by atoms with E-state index in [4.69, 9.17) is 5.73 Å². The molecule has 1 rings (SSSR count). The number of halogens is 4. The Morgan fingerprint density at radius 3 is 2.32 bits per heavy atom. The fourth-order valence-corrected chi connectivity index (χ4v) is 3.21. The Balaban J connectivity index is 0.00000324. The van der Waals surface area contributed by atoms with Crippen LogP contribution in [0.15, 0.2) is 0 Å². The van der Waals surface area contributed by atoms with E-state index in [9.17, 15) is 21.6 Å². The molecule has 1 saturated carbocycles. The molecule has 0 spiro atoms. The lowest BCUT2D eigenvalue weighted by atomic mass is 9.85. The van der Waals surface area contributed by atoms with Crippen molar-refractivity contribution in [3.05, 3.63) is 0 Å². The van der Waals surface area contributed by atoms with Crippen LogP contribution in [0, 0.1) is 5.92 Å². The maximum atomic E-state index is 11.9. The lowest BCUT2D eigenvalue weighted by molar-refractivity contribution is -0.121. The quantitative estimate of drug-likeness (QED) is 0.702. The van der Waals surface area contributed by atoms with Crippen LogP contribution >= 0.6 is 12.4 Å². The Morgan fingerprint density at radius 1 is 1.21 bits per heavy atom. The lowest BCUT2D eigenvalue weighted by Crippen LogP contribution is -2.50. The third kappa shape index (κ3) is 7.31. The fraction of sp³-hybridized carbons (Fsp3) is 1.00. The van der Waals surface area contributed by atoms with Gasteiger partial charge in [0.25, 0.3) is 10.2 Å². The number of rotatable bonds is 5. The van der Waals surface area contributed by atoms with Gasteiger partial charge in [0.05, 0.1) is 0 Å². The zero-order valence-corrected chi connectivity index (χ0v) is 11.9. The summed E-state index contributed by atoms with van der Waals surface area (Å²) in [6.07, 6.45) is -1.34. The van der Waals surface area contributed by atoms with Gasteiger partial charge in [-0.05, 0) is 25.3 Å². The molecular formula is C9H19ClF3N3O2S. The molecule has 0 bridgehead atoms. The molecule has 0 aromatic carbocycles. The smallest absolute Gasteiger partial charge is 0.330 e. The minimum Gasteiger partial charge on any atom is -0.330 e. The van der Waals surface area contributed by atoms with Crippen molar-refractivity contribution < 1.29 is 21.6 Å². The van der Waals surface area contributed by atoms with Crippen LogP contribution in [-0.4, -0.2) is 33.7 Å². The third-order valence-corrected chi connectivity index (χ3v) is 4.12. The average molecular weight is 326 g/mol. The van der Waals surface area contributed by atoms with E-state index >= 15 is 0 Å². The first-order valence-corrected chi connectivity index (χ1v) is 7.25. The second kappa shape index (κ2) is 7.63. The van der Waals surface area contributed by atoms with Gasteiger partial charge in [-0.25, -0.2) is 0 Å². The summed E-state index contributed by atoms with van der Waals surface area (Å²) < 4.78 is 62.4. The highest BCUT2D eigenvalue weighted by Crippen LogP contribution is 2.24. The van der Waals surface area contributed by atoms with E-state index in [1.807, 2.05) is 0 Å². The van der Waals surface area contributed by atoms with Crippen molar-refractivity contribution in [2.45, 2.75) is 37.9 Å². The fourth-order valence-electron chi connectivity index (χ4n) is 2.06. The Bertz CT molecular complexity index is 364. The van der Waals surface area contributed by atoms with Crippen molar-refractivity contribution in [3.8, 4) is 0 Å². The molecule has 1 aliphatic carbocycles. The number of nitrogens with two attached hydrogens (primary N) is 1. The summed E-state index contributed by atoms with van der Waals surface area (Å²) in [7, 11) is -4.13. The molecule has 0 aliphatic heterocycles. The van der Waals surface area contributed by atoms with Crippen molar-refractivity contribution in [2.24, 2.45) is 11.7 Å². The summed E-state index contributed by atoms with van der Waals surface area (Å²) in [6.45, 7) is -1.24. The minimum atomic E-state index is -4.56. The molecule has 0 amide bonds. The van der Waals surface area contributed by atoms with E-state index in [1.165, 1.54) is 4.72 Å². The van der Waals surface area contributed by atoms with Crippen LogP contribution in [-0.2, 0) is 10.2 Å². The van der Waals surface area contributed by atoms with Crippen LogP contribution in [0.3, 0.4) is 0 Å².